The minimum absolute atomic E-state index is 0.0269. The minimum Gasteiger partial charge on any atom is -0.493 e. The lowest BCUT2D eigenvalue weighted by atomic mass is 10.2. The molecule has 0 radical (unpaired) electrons. The van der Waals surface area contributed by atoms with Gasteiger partial charge in [0.2, 0.25) is 5.91 Å². The number of hydrogen-bond acceptors (Lipinski definition) is 8. The highest BCUT2D eigenvalue weighted by Gasteiger charge is 2.34. The number of imide groups is 1. The normalized spacial score (nSPS) is 17.6. The lowest BCUT2D eigenvalue weighted by Crippen LogP contribution is -2.41. The first-order valence-corrected chi connectivity index (χ1v) is 11.2. The SMILES string of the molecule is COc1cc(/C=C2/SC(=O)N(CCNC(=O)CN3CCSC3=O)C2=O)ccc1OC(F)F. The summed E-state index contributed by atoms with van der Waals surface area (Å²) in [5.41, 5.74) is 0.454. The molecule has 2 fully saturated rings. The van der Waals surface area contributed by atoms with Crippen molar-refractivity contribution in [2.24, 2.45) is 0 Å². The van der Waals surface area contributed by atoms with Crippen LogP contribution in [0.2, 0.25) is 0 Å². The molecule has 13 heteroatoms. The van der Waals surface area contributed by atoms with Gasteiger partial charge in [-0.25, -0.2) is 0 Å². The zero-order valence-corrected chi connectivity index (χ0v) is 18.5. The summed E-state index contributed by atoms with van der Waals surface area (Å²) < 4.78 is 34.3. The molecule has 32 heavy (non-hydrogen) atoms. The molecule has 0 spiro atoms. The van der Waals surface area contributed by atoms with E-state index in [2.05, 4.69) is 10.1 Å². The maximum absolute atomic E-state index is 12.6. The van der Waals surface area contributed by atoms with Gasteiger partial charge in [0.1, 0.15) is 6.54 Å². The first-order chi connectivity index (χ1) is 15.3. The lowest BCUT2D eigenvalue weighted by molar-refractivity contribution is -0.124. The van der Waals surface area contributed by atoms with Crippen molar-refractivity contribution in [1.82, 2.24) is 15.1 Å². The number of amides is 4. The van der Waals surface area contributed by atoms with E-state index in [0.717, 1.165) is 28.4 Å². The first-order valence-electron chi connectivity index (χ1n) is 9.35. The highest BCUT2D eigenvalue weighted by atomic mass is 32.2. The highest BCUT2D eigenvalue weighted by Crippen LogP contribution is 2.34. The Morgan fingerprint density at radius 2 is 2.03 bits per heavy atom. The van der Waals surface area contributed by atoms with Gasteiger partial charge in [0.15, 0.2) is 11.5 Å². The fraction of sp³-hybridized carbons (Fsp3) is 0.368. The second kappa shape index (κ2) is 10.7. The van der Waals surface area contributed by atoms with E-state index in [1.54, 1.807) is 0 Å². The third-order valence-corrected chi connectivity index (χ3v) is 6.21. The van der Waals surface area contributed by atoms with Gasteiger partial charge < -0.3 is 19.7 Å². The molecular weight excluding hydrogens is 468 g/mol. The first kappa shape index (κ1) is 23.9. The Bertz CT molecular complexity index is 959. The van der Waals surface area contributed by atoms with Crippen LogP contribution in [0.1, 0.15) is 5.56 Å². The predicted molar refractivity (Wildman–Crippen MR) is 115 cm³/mol. The smallest absolute Gasteiger partial charge is 0.387 e. The summed E-state index contributed by atoms with van der Waals surface area (Å²) in [5, 5.41) is 1.95. The fourth-order valence-electron chi connectivity index (χ4n) is 2.92. The Morgan fingerprint density at radius 3 is 2.69 bits per heavy atom. The largest absolute Gasteiger partial charge is 0.493 e. The summed E-state index contributed by atoms with van der Waals surface area (Å²) in [5.74, 6) is -0.370. The van der Waals surface area contributed by atoms with Crippen LogP contribution < -0.4 is 14.8 Å². The van der Waals surface area contributed by atoms with E-state index in [0.29, 0.717) is 17.9 Å². The molecule has 0 aromatic heterocycles. The fourth-order valence-corrected chi connectivity index (χ4v) is 4.61. The van der Waals surface area contributed by atoms with Crippen LogP contribution in [0.4, 0.5) is 18.4 Å². The van der Waals surface area contributed by atoms with Crippen molar-refractivity contribution in [3.63, 3.8) is 0 Å². The van der Waals surface area contributed by atoms with Crippen molar-refractivity contribution in [1.29, 1.82) is 0 Å². The van der Waals surface area contributed by atoms with Gasteiger partial charge in [-0.05, 0) is 35.5 Å². The second-order valence-electron chi connectivity index (χ2n) is 6.51. The number of ether oxygens (including phenoxy) is 2. The quantitative estimate of drug-likeness (QED) is 0.530. The van der Waals surface area contributed by atoms with E-state index in [-0.39, 0.29) is 47.2 Å². The van der Waals surface area contributed by atoms with Gasteiger partial charge in [-0.1, -0.05) is 17.8 Å². The van der Waals surface area contributed by atoms with Gasteiger partial charge in [-0.3, -0.25) is 24.1 Å². The number of halogens is 2. The number of methoxy groups -OCH3 is 1. The Morgan fingerprint density at radius 1 is 1.25 bits per heavy atom. The predicted octanol–water partition coefficient (Wildman–Crippen LogP) is 2.62. The maximum Gasteiger partial charge on any atom is 0.387 e. The zero-order valence-electron chi connectivity index (χ0n) is 16.8. The molecule has 9 nitrogen and oxygen atoms in total. The van der Waals surface area contributed by atoms with Crippen LogP contribution in [0, 0.1) is 0 Å². The molecule has 0 saturated carbocycles. The lowest BCUT2D eigenvalue weighted by Gasteiger charge is -2.16. The number of rotatable bonds is 9. The summed E-state index contributed by atoms with van der Waals surface area (Å²) in [4.78, 5) is 50.8. The van der Waals surface area contributed by atoms with Crippen molar-refractivity contribution < 1.29 is 37.4 Å². The molecule has 3 rings (SSSR count). The van der Waals surface area contributed by atoms with Gasteiger partial charge in [-0.2, -0.15) is 8.78 Å². The summed E-state index contributed by atoms with van der Waals surface area (Å²) in [6.07, 6.45) is 1.44. The minimum atomic E-state index is -3.01. The molecule has 0 aliphatic carbocycles. The Labute approximate surface area is 190 Å². The molecule has 1 N–H and O–H groups in total. The van der Waals surface area contributed by atoms with Crippen LogP contribution in [0.3, 0.4) is 0 Å². The summed E-state index contributed by atoms with van der Waals surface area (Å²) in [7, 11) is 1.29. The topological polar surface area (TPSA) is 105 Å². The maximum atomic E-state index is 12.6. The molecule has 0 atom stereocenters. The number of hydrogen-bond donors (Lipinski definition) is 1. The van der Waals surface area contributed by atoms with Gasteiger partial charge >= 0.3 is 6.61 Å². The average molecular weight is 488 g/mol. The number of carbonyl (C=O) groups excluding carboxylic acids is 4. The van der Waals surface area contributed by atoms with Crippen LogP contribution >= 0.6 is 23.5 Å². The van der Waals surface area contributed by atoms with E-state index in [1.807, 2.05) is 0 Å². The number of benzene rings is 1. The molecular formula is C19H19F2N3O6S2. The van der Waals surface area contributed by atoms with Crippen molar-refractivity contribution in [3.8, 4) is 11.5 Å². The number of nitrogens with zero attached hydrogens (tertiary/aromatic N) is 2. The molecule has 1 aromatic carbocycles. The van der Waals surface area contributed by atoms with E-state index < -0.39 is 17.8 Å². The number of alkyl halides is 2. The zero-order chi connectivity index (χ0) is 23.3. The van der Waals surface area contributed by atoms with Gasteiger partial charge in [0.05, 0.1) is 12.0 Å². The Balaban J connectivity index is 1.57. The van der Waals surface area contributed by atoms with Crippen LogP contribution in [0.15, 0.2) is 23.1 Å². The summed E-state index contributed by atoms with van der Waals surface area (Å²) >= 11 is 1.88. The van der Waals surface area contributed by atoms with Crippen molar-refractivity contribution >= 4 is 51.9 Å². The second-order valence-corrected chi connectivity index (χ2v) is 8.55. The number of carbonyl (C=O) groups is 4. The molecule has 2 heterocycles. The van der Waals surface area contributed by atoms with Crippen molar-refractivity contribution in [2.75, 3.05) is 39.0 Å². The van der Waals surface area contributed by atoms with Crippen LogP contribution in [-0.4, -0.2) is 77.7 Å². The van der Waals surface area contributed by atoms with E-state index in [9.17, 15) is 28.0 Å². The van der Waals surface area contributed by atoms with Crippen LogP contribution in [0.25, 0.3) is 6.08 Å². The van der Waals surface area contributed by atoms with E-state index in [1.165, 1.54) is 36.3 Å². The molecule has 2 aliphatic rings. The molecule has 2 saturated heterocycles. The van der Waals surface area contributed by atoms with E-state index in [4.69, 9.17) is 4.74 Å². The number of nitrogens with one attached hydrogen (secondary N) is 1. The molecule has 1 aromatic rings. The average Bonchev–Trinajstić information content (AvgIpc) is 3.26. The van der Waals surface area contributed by atoms with Gasteiger partial charge in [-0.15, -0.1) is 0 Å². The van der Waals surface area contributed by atoms with Gasteiger partial charge in [0.25, 0.3) is 16.4 Å². The molecule has 0 bridgehead atoms. The third-order valence-electron chi connectivity index (χ3n) is 4.41. The molecule has 4 amide bonds. The highest BCUT2D eigenvalue weighted by molar-refractivity contribution is 8.18. The third kappa shape index (κ3) is 5.91. The Kier molecular flexibility index (Phi) is 7.96. The molecule has 172 valence electrons. The van der Waals surface area contributed by atoms with Crippen molar-refractivity contribution in [3.05, 3.63) is 28.7 Å². The Hall–Kier alpha value is -2.80. The van der Waals surface area contributed by atoms with Crippen molar-refractivity contribution in [2.45, 2.75) is 6.61 Å². The summed E-state index contributed by atoms with van der Waals surface area (Å²) in [6.45, 7) is -2.55. The van der Waals surface area contributed by atoms with Crippen LogP contribution in [0.5, 0.6) is 11.5 Å². The standard InChI is InChI=1S/C19H19F2N3O6S2/c1-29-13-8-11(2-3-12(13)30-17(20)21)9-14-16(26)24(19(28)32-14)5-4-22-15(25)10-23-6-7-31-18(23)27/h2-3,8-9,17H,4-7,10H2,1H3,(H,22,25)/b14-9+. The number of thioether (sulfide) groups is 2. The van der Waals surface area contributed by atoms with E-state index >= 15 is 0 Å². The molecule has 0 unspecified atom stereocenters. The summed E-state index contributed by atoms with van der Waals surface area (Å²) in [6, 6.07) is 4.14. The monoisotopic (exact) mass is 487 g/mol. The van der Waals surface area contributed by atoms with Crippen LogP contribution in [-0.2, 0) is 9.59 Å². The van der Waals surface area contributed by atoms with Gasteiger partial charge in [0, 0.05) is 25.4 Å². The molecule has 2 aliphatic heterocycles.